The van der Waals surface area contributed by atoms with Gasteiger partial charge >= 0.3 is 0 Å². The first-order valence-electron chi connectivity index (χ1n) is 9.92. The van der Waals surface area contributed by atoms with Gasteiger partial charge in [-0.3, -0.25) is 9.59 Å². The average molecular weight is 403 g/mol. The number of rotatable bonds is 5. The first-order valence-corrected chi connectivity index (χ1v) is 9.92. The van der Waals surface area contributed by atoms with Gasteiger partial charge in [0.15, 0.2) is 11.9 Å². The van der Waals surface area contributed by atoms with Gasteiger partial charge in [0.2, 0.25) is 0 Å². The number of ether oxygens (including phenoxy) is 1. The average Bonchev–Trinajstić information content (AvgIpc) is 3.09. The summed E-state index contributed by atoms with van der Waals surface area (Å²) in [5.74, 6) is -0.178. The van der Waals surface area contributed by atoms with Crippen LogP contribution in [0.2, 0.25) is 0 Å². The molecule has 1 aliphatic heterocycles. The maximum Gasteiger partial charge on any atom is 0.268 e. The van der Waals surface area contributed by atoms with Crippen LogP contribution in [0.15, 0.2) is 72.8 Å². The Morgan fingerprint density at radius 1 is 0.967 bits per heavy atom. The molecule has 0 saturated carbocycles. The number of hydrogen-bond acceptors (Lipinski definition) is 3. The maximum atomic E-state index is 13.1. The van der Waals surface area contributed by atoms with E-state index in [9.17, 15) is 14.0 Å². The largest absolute Gasteiger partial charge is 0.481 e. The molecule has 152 valence electrons. The predicted octanol–water partition coefficient (Wildman–Crippen LogP) is 4.80. The van der Waals surface area contributed by atoms with Gasteiger partial charge in [-0.05, 0) is 80.4 Å². The second-order valence-electron chi connectivity index (χ2n) is 7.51. The summed E-state index contributed by atoms with van der Waals surface area (Å²) >= 11 is 0. The molecule has 1 aliphatic rings. The molecule has 5 heteroatoms. The molecule has 4 rings (SSSR count). The molecule has 0 unspecified atom stereocenters. The number of amides is 1. The Hall–Kier alpha value is -3.47. The molecular formula is C25H22FNO3. The number of para-hydroxylation sites is 1. The highest BCUT2D eigenvalue weighted by atomic mass is 19.1. The van der Waals surface area contributed by atoms with Crippen LogP contribution in [0.3, 0.4) is 0 Å². The van der Waals surface area contributed by atoms with E-state index in [2.05, 4.69) is 0 Å². The molecule has 3 aromatic rings. The number of fused-ring (bicyclic) bond motifs is 1. The zero-order chi connectivity index (χ0) is 21.3. The number of carbonyl (C=O) groups excluding carboxylic acids is 2. The summed E-state index contributed by atoms with van der Waals surface area (Å²) < 4.78 is 18.9. The Morgan fingerprint density at radius 3 is 2.23 bits per heavy atom. The standard InChI is InChI=1S/C25H22FNO3/c1-16-15-20-5-3-4-6-23(20)27(16)25(29)17(2)30-22-13-9-19(10-14-22)24(28)18-7-11-21(26)12-8-18/h3-14,16-17H,15H2,1-2H3/t16-,17-/m1/s1. The molecule has 0 aliphatic carbocycles. The van der Waals surface area contributed by atoms with E-state index in [0.29, 0.717) is 16.9 Å². The van der Waals surface area contributed by atoms with Crippen LogP contribution < -0.4 is 9.64 Å². The molecule has 1 heterocycles. The molecule has 2 atom stereocenters. The second kappa shape index (κ2) is 8.11. The maximum absolute atomic E-state index is 13.1. The lowest BCUT2D eigenvalue weighted by molar-refractivity contribution is -0.124. The monoisotopic (exact) mass is 403 g/mol. The number of hydrogen-bond donors (Lipinski definition) is 0. The summed E-state index contributed by atoms with van der Waals surface area (Å²) in [6.07, 6.45) is 0.159. The Bertz CT molecular complexity index is 1080. The van der Waals surface area contributed by atoms with Crippen molar-refractivity contribution in [1.82, 2.24) is 0 Å². The summed E-state index contributed by atoms with van der Waals surface area (Å²) in [5.41, 5.74) is 2.98. The van der Waals surface area contributed by atoms with E-state index in [1.165, 1.54) is 24.3 Å². The smallest absolute Gasteiger partial charge is 0.268 e. The Morgan fingerprint density at radius 2 is 1.57 bits per heavy atom. The summed E-state index contributed by atoms with van der Waals surface area (Å²) in [6, 6.07) is 20.0. The van der Waals surface area contributed by atoms with Gasteiger partial charge in [-0.2, -0.15) is 0 Å². The minimum absolute atomic E-state index is 0.0802. The number of anilines is 1. The van der Waals surface area contributed by atoms with Crippen molar-refractivity contribution < 1.29 is 18.7 Å². The van der Waals surface area contributed by atoms with Crippen molar-refractivity contribution in [3.8, 4) is 5.75 Å². The summed E-state index contributed by atoms with van der Waals surface area (Å²) in [6.45, 7) is 3.76. The Balaban J connectivity index is 1.45. The summed E-state index contributed by atoms with van der Waals surface area (Å²) in [5, 5.41) is 0. The normalized spacial score (nSPS) is 16.1. The van der Waals surface area contributed by atoms with Crippen LogP contribution in [-0.4, -0.2) is 23.8 Å². The molecule has 1 amide bonds. The lowest BCUT2D eigenvalue weighted by Crippen LogP contribution is -2.43. The lowest BCUT2D eigenvalue weighted by atomic mass is 10.0. The van der Waals surface area contributed by atoms with Gasteiger partial charge in [-0.25, -0.2) is 4.39 Å². The molecule has 0 spiro atoms. The van der Waals surface area contributed by atoms with Crippen LogP contribution in [0.5, 0.6) is 5.75 Å². The van der Waals surface area contributed by atoms with Gasteiger partial charge in [0.05, 0.1) is 0 Å². The summed E-state index contributed by atoms with van der Waals surface area (Å²) in [4.78, 5) is 27.3. The lowest BCUT2D eigenvalue weighted by Gasteiger charge is -2.26. The van der Waals surface area contributed by atoms with Crippen molar-refractivity contribution in [2.75, 3.05) is 4.90 Å². The first-order chi connectivity index (χ1) is 14.4. The van der Waals surface area contributed by atoms with E-state index in [0.717, 1.165) is 17.7 Å². The first kappa shape index (κ1) is 19.8. The number of halogens is 1. The third-order valence-electron chi connectivity index (χ3n) is 5.33. The quantitative estimate of drug-likeness (QED) is 0.575. The van der Waals surface area contributed by atoms with Crippen molar-refractivity contribution >= 4 is 17.4 Å². The second-order valence-corrected chi connectivity index (χ2v) is 7.51. The number of carbonyl (C=O) groups is 2. The minimum atomic E-state index is -0.669. The van der Waals surface area contributed by atoms with Gasteiger partial charge in [0, 0.05) is 22.9 Å². The van der Waals surface area contributed by atoms with Gasteiger partial charge in [0.1, 0.15) is 11.6 Å². The highest BCUT2D eigenvalue weighted by Gasteiger charge is 2.33. The molecule has 30 heavy (non-hydrogen) atoms. The van der Waals surface area contributed by atoms with Crippen molar-refractivity contribution in [1.29, 1.82) is 0 Å². The molecule has 0 saturated heterocycles. The van der Waals surface area contributed by atoms with E-state index < -0.39 is 6.10 Å². The van der Waals surface area contributed by atoms with Gasteiger partial charge in [0.25, 0.3) is 5.91 Å². The minimum Gasteiger partial charge on any atom is -0.481 e. The van der Waals surface area contributed by atoms with E-state index in [1.807, 2.05) is 31.2 Å². The van der Waals surface area contributed by atoms with Crippen LogP contribution in [0.25, 0.3) is 0 Å². The van der Waals surface area contributed by atoms with Crippen LogP contribution in [0, 0.1) is 5.82 Å². The van der Waals surface area contributed by atoms with Crippen molar-refractivity contribution in [2.45, 2.75) is 32.4 Å². The fourth-order valence-electron chi connectivity index (χ4n) is 3.80. The SMILES string of the molecule is C[C@@H]1Cc2ccccc2N1C(=O)[C@@H](C)Oc1ccc(C(=O)c2ccc(F)cc2)cc1. The van der Waals surface area contributed by atoms with Crippen molar-refractivity contribution in [3.63, 3.8) is 0 Å². The molecule has 0 N–H and O–H groups in total. The highest BCUT2D eigenvalue weighted by Crippen LogP contribution is 2.32. The van der Waals surface area contributed by atoms with Crippen molar-refractivity contribution in [2.24, 2.45) is 0 Å². The third-order valence-corrected chi connectivity index (χ3v) is 5.33. The fourth-order valence-corrected chi connectivity index (χ4v) is 3.80. The molecule has 3 aromatic carbocycles. The zero-order valence-electron chi connectivity index (χ0n) is 16.8. The molecular weight excluding hydrogens is 381 g/mol. The van der Waals surface area contributed by atoms with Crippen LogP contribution >= 0.6 is 0 Å². The Kier molecular flexibility index (Phi) is 5.36. The Labute approximate surface area is 174 Å². The highest BCUT2D eigenvalue weighted by molar-refractivity contribution is 6.09. The third kappa shape index (κ3) is 3.83. The zero-order valence-corrected chi connectivity index (χ0v) is 16.8. The number of nitrogens with zero attached hydrogens (tertiary/aromatic N) is 1. The van der Waals surface area contributed by atoms with Gasteiger partial charge in [-0.15, -0.1) is 0 Å². The van der Waals surface area contributed by atoms with E-state index in [-0.39, 0.29) is 23.5 Å². The van der Waals surface area contributed by atoms with Crippen LogP contribution in [0.4, 0.5) is 10.1 Å². The van der Waals surface area contributed by atoms with Crippen LogP contribution in [0.1, 0.15) is 35.3 Å². The number of ketones is 1. The molecule has 0 fully saturated rings. The fraction of sp³-hybridized carbons (Fsp3) is 0.200. The van der Waals surface area contributed by atoms with Crippen LogP contribution in [-0.2, 0) is 11.2 Å². The van der Waals surface area contributed by atoms with E-state index in [1.54, 1.807) is 36.1 Å². The van der Waals surface area contributed by atoms with Gasteiger partial charge in [-0.1, -0.05) is 18.2 Å². The molecule has 4 nitrogen and oxygen atoms in total. The molecule has 0 radical (unpaired) electrons. The van der Waals surface area contributed by atoms with E-state index >= 15 is 0 Å². The molecule has 0 aromatic heterocycles. The summed E-state index contributed by atoms with van der Waals surface area (Å²) in [7, 11) is 0. The topological polar surface area (TPSA) is 46.6 Å². The number of benzene rings is 3. The van der Waals surface area contributed by atoms with Crippen molar-refractivity contribution in [3.05, 3.63) is 95.3 Å². The predicted molar refractivity (Wildman–Crippen MR) is 113 cm³/mol. The van der Waals surface area contributed by atoms with Gasteiger partial charge < -0.3 is 9.64 Å². The van der Waals surface area contributed by atoms with E-state index in [4.69, 9.17) is 4.74 Å². The molecule has 0 bridgehead atoms.